The van der Waals surface area contributed by atoms with Crippen LogP contribution < -0.4 is 4.90 Å². The van der Waals surface area contributed by atoms with Crippen LogP contribution in [0.1, 0.15) is 31.5 Å². The molecule has 30 heavy (non-hydrogen) atoms. The van der Waals surface area contributed by atoms with Crippen LogP contribution in [0.15, 0.2) is 24.3 Å². The number of carbonyl (C=O) groups is 1. The minimum Gasteiger partial charge on any atom is -0.381 e. The van der Waals surface area contributed by atoms with Crippen LogP contribution in [0.5, 0.6) is 0 Å². The van der Waals surface area contributed by atoms with E-state index in [1.54, 1.807) is 19.1 Å². The Morgan fingerprint density at radius 2 is 2.10 bits per heavy atom. The third kappa shape index (κ3) is 3.75. The van der Waals surface area contributed by atoms with Gasteiger partial charge in [0.05, 0.1) is 12.3 Å². The smallest absolute Gasteiger partial charge is 0.258 e. The number of benzene rings is 1. The molecule has 1 aliphatic carbocycles. The number of nitrogens with one attached hydrogen (secondary N) is 2. The molecule has 4 rings (SSSR count). The van der Waals surface area contributed by atoms with Gasteiger partial charge < -0.3 is 19.4 Å². The Kier molecular flexibility index (Phi) is 5.42. The van der Waals surface area contributed by atoms with E-state index in [2.05, 4.69) is 35.1 Å². The van der Waals surface area contributed by atoms with Gasteiger partial charge in [0.1, 0.15) is 5.69 Å². The van der Waals surface area contributed by atoms with Gasteiger partial charge in [-0.15, -0.1) is 0 Å². The lowest BCUT2D eigenvalue weighted by Crippen LogP contribution is -2.40. The molecule has 1 unspecified atom stereocenters. The molecule has 7 nitrogen and oxygen atoms in total. The van der Waals surface area contributed by atoms with Crippen molar-refractivity contribution in [1.29, 1.82) is 0 Å². The molecule has 3 aromatic rings. The molecule has 2 heterocycles. The highest BCUT2D eigenvalue weighted by Crippen LogP contribution is 2.38. The lowest BCUT2D eigenvalue weighted by Gasteiger charge is -2.28. The van der Waals surface area contributed by atoms with E-state index >= 15 is 0 Å². The molecule has 2 aromatic heterocycles. The van der Waals surface area contributed by atoms with Gasteiger partial charge >= 0.3 is 0 Å². The van der Waals surface area contributed by atoms with Crippen LogP contribution >= 0.6 is 0 Å². The number of hydrogen-bond acceptors (Lipinski definition) is 4. The molecule has 1 amide bonds. The predicted octanol–water partition coefficient (Wildman–Crippen LogP) is 3.70. The summed E-state index contributed by atoms with van der Waals surface area (Å²) in [5.41, 5.74) is 6.64. The number of aromatic nitrogens is 3. The minimum absolute atomic E-state index is 0.144. The lowest BCUT2D eigenvalue weighted by molar-refractivity contribution is -0.130. The maximum Gasteiger partial charge on any atom is 0.258 e. The summed E-state index contributed by atoms with van der Waals surface area (Å²) in [7, 11) is 4.82. The maximum atomic E-state index is 12.7. The first-order valence-corrected chi connectivity index (χ1v) is 10.3. The number of anilines is 1. The molecule has 0 radical (unpaired) electrons. The average Bonchev–Trinajstić information content (AvgIpc) is 3.32. The van der Waals surface area contributed by atoms with Crippen molar-refractivity contribution >= 4 is 22.5 Å². The third-order valence-corrected chi connectivity index (χ3v) is 6.12. The zero-order chi connectivity index (χ0) is 21.5. The number of rotatable bonds is 6. The fraction of sp³-hybridized carbons (Fsp3) is 0.478. The average molecular weight is 411 g/mol. The van der Waals surface area contributed by atoms with E-state index in [9.17, 15) is 4.79 Å². The largest absolute Gasteiger partial charge is 0.381 e. The van der Waals surface area contributed by atoms with E-state index in [1.165, 1.54) is 18.4 Å². The highest BCUT2D eigenvalue weighted by Gasteiger charge is 2.29. The van der Waals surface area contributed by atoms with E-state index in [-0.39, 0.29) is 12.5 Å². The molecule has 0 aliphatic heterocycles. The molecule has 1 aromatic carbocycles. The molecule has 7 heteroatoms. The second-order valence-electron chi connectivity index (χ2n) is 8.90. The summed E-state index contributed by atoms with van der Waals surface area (Å²) < 4.78 is 10.4. The first-order valence-electron chi connectivity index (χ1n) is 10.3. The van der Waals surface area contributed by atoms with Gasteiger partial charge in [0, 0.05) is 49.1 Å². The topological polar surface area (TPSA) is 83.2 Å². The van der Waals surface area contributed by atoms with Gasteiger partial charge in [-0.05, 0) is 42.9 Å². The van der Waals surface area contributed by atoms with Crippen LogP contribution in [0.3, 0.4) is 0 Å². The first kappa shape index (κ1) is 20.6. The number of hydrogen-bond donors (Lipinski definition) is 2. The van der Waals surface area contributed by atoms with Crippen molar-refractivity contribution in [1.82, 2.24) is 15.2 Å². The zero-order valence-corrected chi connectivity index (χ0v) is 18.3. The highest BCUT2D eigenvalue weighted by atomic mass is 16.5. The van der Waals surface area contributed by atoms with E-state index in [0.717, 1.165) is 47.2 Å². The second-order valence-corrected chi connectivity index (χ2v) is 8.90. The first-order chi connectivity index (χ1) is 14.3. The van der Waals surface area contributed by atoms with Crippen molar-refractivity contribution < 1.29 is 14.3 Å². The quantitative estimate of drug-likeness (QED) is 0.649. The van der Waals surface area contributed by atoms with Crippen molar-refractivity contribution in [2.75, 3.05) is 32.8 Å². The second kappa shape index (κ2) is 7.89. The number of carbonyl (C=O) groups excluding carboxylic acids is 1. The van der Waals surface area contributed by atoms with E-state index in [0.29, 0.717) is 5.41 Å². The van der Waals surface area contributed by atoms with Gasteiger partial charge in [-0.1, -0.05) is 19.9 Å². The van der Waals surface area contributed by atoms with Crippen molar-refractivity contribution in [2.24, 2.45) is 5.41 Å². The number of ether oxygens (including phenoxy) is 2. The molecular weight excluding hydrogens is 380 g/mol. The SMILES string of the molecule is COCC(OC)C(=O)N(C)c1ccc2cc(-c3n[nH]c4c3CCC(C)(C)C4)[nH]c2c1. The van der Waals surface area contributed by atoms with Crippen molar-refractivity contribution in [3.8, 4) is 11.4 Å². The number of amides is 1. The summed E-state index contributed by atoms with van der Waals surface area (Å²) in [5.74, 6) is -0.144. The van der Waals surface area contributed by atoms with Crippen molar-refractivity contribution in [3.63, 3.8) is 0 Å². The fourth-order valence-corrected chi connectivity index (χ4v) is 4.26. The van der Waals surface area contributed by atoms with Gasteiger partial charge in [0.2, 0.25) is 0 Å². The number of likely N-dealkylation sites (N-methyl/N-ethyl adjacent to an activating group) is 1. The summed E-state index contributed by atoms with van der Waals surface area (Å²) in [6.45, 7) is 4.83. The maximum absolute atomic E-state index is 12.7. The Balaban J connectivity index is 1.63. The Morgan fingerprint density at radius 1 is 1.30 bits per heavy atom. The van der Waals surface area contributed by atoms with Crippen LogP contribution in [0, 0.1) is 5.41 Å². The predicted molar refractivity (Wildman–Crippen MR) is 118 cm³/mol. The van der Waals surface area contributed by atoms with Gasteiger partial charge in [0.25, 0.3) is 5.91 Å². The number of nitrogens with zero attached hydrogens (tertiary/aromatic N) is 2. The van der Waals surface area contributed by atoms with Crippen LogP contribution in [0.25, 0.3) is 22.3 Å². The normalized spacial score (nSPS) is 16.4. The molecule has 0 spiro atoms. The minimum atomic E-state index is -0.630. The van der Waals surface area contributed by atoms with E-state index in [4.69, 9.17) is 9.47 Å². The molecule has 0 fully saturated rings. The lowest BCUT2D eigenvalue weighted by atomic mass is 9.76. The summed E-state index contributed by atoms with van der Waals surface area (Å²) in [5, 5.41) is 8.96. The molecule has 0 saturated heterocycles. The van der Waals surface area contributed by atoms with Crippen LogP contribution in [-0.4, -0.2) is 55.1 Å². The number of H-pyrrole nitrogens is 2. The number of aromatic amines is 2. The standard InChI is InChI=1S/C23H30N4O3/c1-23(2)9-8-16-19(12-23)25-26-21(16)18-10-14-6-7-15(11-17(14)24-18)27(3)22(28)20(30-5)13-29-4/h6-7,10-11,20,24H,8-9,12-13H2,1-5H3,(H,25,26). The molecule has 1 aliphatic rings. The highest BCUT2D eigenvalue weighted by molar-refractivity contribution is 5.98. The molecule has 160 valence electrons. The Bertz CT molecular complexity index is 1070. The third-order valence-electron chi connectivity index (χ3n) is 6.12. The van der Waals surface area contributed by atoms with Crippen molar-refractivity contribution in [2.45, 2.75) is 39.2 Å². The van der Waals surface area contributed by atoms with Gasteiger partial charge in [-0.2, -0.15) is 5.10 Å². The van der Waals surface area contributed by atoms with Crippen LogP contribution in [-0.2, 0) is 27.1 Å². The molecule has 0 saturated carbocycles. The Morgan fingerprint density at radius 3 is 2.83 bits per heavy atom. The van der Waals surface area contributed by atoms with Crippen LogP contribution in [0.4, 0.5) is 5.69 Å². The molecule has 1 atom stereocenters. The van der Waals surface area contributed by atoms with Gasteiger partial charge in [-0.25, -0.2) is 0 Å². The number of methoxy groups -OCH3 is 2. The Hall–Kier alpha value is -2.64. The van der Waals surface area contributed by atoms with E-state index in [1.807, 2.05) is 18.2 Å². The molecule has 0 bridgehead atoms. The molecular formula is C23H30N4O3. The van der Waals surface area contributed by atoms with Crippen molar-refractivity contribution in [3.05, 3.63) is 35.5 Å². The van der Waals surface area contributed by atoms with Gasteiger partial charge in [-0.3, -0.25) is 9.89 Å². The van der Waals surface area contributed by atoms with E-state index < -0.39 is 6.10 Å². The molecule has 2 N–H and O–H groups in total. The summed E-state index contributed by atoms with van der Waals surface area (Å²) >= 11 is 0. The summed E-state index contributed by atoms with van der Waals surface area (Å²) in [4.78, 5) is 17.8. The summed E-state index contributed by atoms with van der Waals surface area (Å²) in [6.07, 6.45) is 2.58. The number of fused-ring (bicyclic) bond motifs is 2. The zero-order valence-electron chi connectivity index (χ0n) is 18.3. The van der Waals surface area contributed by atoms with Crippen LogP contribution in [0.2, 0.25) is 0 Å². The van der Waals surface area contributed by atoms with Gasteiger partial charge in [0.15, 0.2) is 6.10 Å². The monoisotopic (exact) mass is 410 g/mol. The summed E-state index contributed by atoms with van der Waals surface area (Å²) in [6, 6.07) is 8.08. The fourth-order valence-electron chi connectivity index (χ4n) is 4.26. The Labute approximate surface area is 176 Å².